The van der Waals surface area contributed by atoms with Crippen LogP contribution in [0.3, 0.4) is 0 Å². The van der Waals surface area contributed by atoms with E-state index in [0.29, 0.717) is 13.2 Å². The van der Waals surface area contributed by atoms with Crippen LogP contribution in [0.1, 0.15) is 56.6 Å². The molecule has 0 aromatic heterocycles. The molecule has 0 heterocycles. The van der Waals surface area contributed by atoms with E-state index in [1.807, 2.05) is 54.3 Å². The van der Waals surface area contributed by atoms with Gasteiger partial charge >= 0.3 is 12.0 Å². The van der Waals surface area contributed by atoms with E-state index in [1.54, 1.807) is 11.8 Å². The van der Waals surface area contributed by atoms with Gasteiger partial charge in [-0.1, -0.05) is 73.5 Å². The Labute approximate surface area is 231 Å². The van der Waals surface area contributed by atoms with Crippen molar-refractivity contribution in [2.75, 3.05) is 18.1 Å². The first-order valence-electron chi connectivity index (χ1n) is 13.7. The van der Waals surface area contributed by atoms with Crippen molar-refractivity contribution in [3.63, 3.8) is 0 Å². The van der Waals surface area contributed by atoms with Gasteiger partial charge in [0.25, 0.3) is 0 Å². The van der Waals surface area contributed by atoms with Gasteiger partial charge < -0.3 is 10.1 Å². The van der Waals surface area contributed by atoms with Crippen LogP contribution in [-0.2, 0) is 22.4 Å². The second kappa shape index (κ2) is 14.6. The number of carbonyl (C=O) groups excluding carboxylic acids is 2. The molecule has 0 aliphatic heterocycles. The van der Waals surface area contributed by atoms with Gasteiger partial charge in [-0.3, -0.25) is 9.69 Å². The summed E-state index contributed by atoms with van der Waals surface area (Å²) in [4.78, 5) is 29.3. The number of nitrogens with zero attached hydrogens (tertiary/aromatic N) is 1. The van der Waals surface area contributed by atoms with E-state index in [9.17, 15) is 9.59 Å². The van der Waals surface area contributed by atoms with Crippen LogP contribution >= 0.6 is 11.8 Å². The van der Waals surface area contributed by atoms with Crippen molar-refractivity contribution in [1.82, 2.24) is 5.32 Å². The van der Waals surface area contributed by atoms with E-state index < -0.39 is 0 Å². The quantitative estimate of drug-likeness (QED) is 0.262. The molecule has 1 aliphatic rings. The molecule has 0 bridgehead atoms. The zero-order chi connectivity index (χ0) is 26.6. The number of rotatable bonds is 11. The summed E-state index contributed by atoms with van der Waals surface area (Å²) in [5.41, 5.74) is 3.14. The summed E-state index contributed by atoms with van der Waals surface area (Å²) >= 11 is 1.64. The Kier molecular flexibility index (Phi) is 10.7. The molecule has 0 atom stereocenters. The highest BCUT2D eigenvalue weighted by molar-refractivity contribution is 7.99. The predicted molar refractivity (Wildman–Crippen MR) is 155 cm³/mol. The molecular formula is C32H38N2O3S. The Morgan fingerprint density at radius 3 is 2.37 bits per heavy atom. The third-order valence-electron chi connectivity index (χ3n) is 6.80. The van der Waals surface area contributed by atoms with Crippen LogP contribution in [-0.4, -0.2) is 31.2 Å². The number of ether oxygens (including phenoxy) is 1. The molecule has 1 saturated carbocycles. The molecule has 0 radical (unpaired) electrons. The average molecular weight is 531 g/mol. The monoisotopic (exact) mass is 530 g/mol. The zero-order valence-electron chi connectivity index (χ0n) is 22.2. The van der Waals surface area contributed by atoms with Crippen molar-refractivity contribution in [2.24, 2.45) is 0 Å². The summed E-state index contributed by atoms with van der Waals surface area (Å²) in [6, 6.07) is 26.9. The lowest BCUT2D eigenvalue weighted by atomic mass is 9.96. The Balaban J connectivity index is 1.42. The first kappa shape index (κ1) is 27.8. The molecule has 0 spiro atoms. The zero-order valence-corrected chi connectivity index (χ0v) is 23.1. The van der Waals surface area contributed by atoms with Gasteiger partial charge in [-0.2, -0.15) is 0 Å². The molecule has 2 amide bonds. The van der Waals surface area contributed by atoms with Crippen LogP contribution in [0.2, 0.25) is 0 Å². The molecule has 3 aromatic carbocycles. The number of amides is 2. The number of benzene rings is 3. The maximum atomic E-state index is 13.4. The van der Waals surface area contributed by atoms with E-state index in [4.69, 9.17) is 4.74 Å². The lowest BCUT2D eigenvalue weighted by Crippen LogP contribution is -2.46. The van der Waals surface area contributed by atoms with Gasteiger partial charge in [-0.05, 0) is 80.1 Å². The van der Waals surface area contributed by atoms with E-state index >= 15 is 0 Å². The molecule has 0 unspecified atom stereocenters. The van der Waals surface area contributed by atoms with Crippen molar-refractivity contribution >= 4 is 29.4 Å². The van der Waals surface area contributed by atoms with Gasteiger partial charge in [-0.25, -0.2) is 4.79 Å². The van der Waals surface area contributed by atoms with E-state index in [-0.39, 0.29) is 24.5 Å². The number of hydrogen-bond donors (Lipinski definition) is 1. The van der Waals surface area contributed by atoms with Gasteiger partial charge in [0.1, 0.15) is 0 Å². The summed E-state index contributed by atoms with van der Waals surface area (Å²) in [5, 5.41) is 3.30. The third kappa shape index (κ3) is 8.66. The Hall–Kier alpha value is -3.25. The maximum Gasteiger partial charge on any atom is 0.322 e. The van der Waals surface area contributed by atoms with Crippen LogP contribution < -0.4 is 10.2 Å². The normalized spacial score (nSPS) is 13.6. The fourth-order valence-electron chi connectivity index (χ4n) is 4.86. The van der Waals surface area contributed by atoms with Gasteiger partial charge in [0, 0.05) is 28.1 Å². The lowest BCUT2D eigenvalue weighted by Gasteiger charge is -2.28. The van der Waals surface area contributed by atoms with E-state index in [2.05, 4.69) is 41.7 Å². The molecule has 5 nitrogen and oxygen atoms in total. The molecule has 200 valence electrons. The van der Waals surface area contributed by atoms with Crippen molar-refractivity contribution < 1.29 is 14.3 Å². The van der Waals surface area contributed by atoms with Crippen LogP contribution in [0, 0.1) is 0 Å². The van der Waals surface area contributed by atoms with Gasteiger partial charge in [0.15, 0.2) is 0 Å². The minimum absolute atomic E-state index is 0.00275. The molecule has 1 N–H and O–H groups in total. The standard InChI is InChI=1S/C32H38N2O3S/c1-2-37-31(35)24-26-13-9-17-30(23-26)38-29-20-18-28(19-21-29)34(22-10-14-25-11-5-3-6-12-25)32(36)33-27-15-7-4-8-16-27/h3,5-6,9,11-13,17-21,23,27H,2,4,7-8,10,14-16,22,24H2,1H3,(H,33,36). The van der Waals surface area contributed by atoms with E-state index in [1.165, 1.54) is 24.8 Å². The highest BCUT2D eigenvalue weighted by atomic mass is 32.2. The highest BCUT2D eigenvalue weighted by Crippen LogP contribution is 2.30. The summed E-state index contributed by atoms with van der Waals surface area (Å²) in [7, 11) is 0. The van der Waals surface area contributed by atoms with Crippen LogP contribution in [0.15, 0.2) is 88.7 Å². The second-order valence-corrected chi connectivity index (χ2v) is 10.9. The van der Waals surface area contributed by atoms with Crippen LogP contribution in [0.4, 0.5) is 10.5 Å². The van der Waals surface area contributed by atoms with Crippen LogP contribution in [0.5, 0.6) is 0 Å². The first-order chi connectivity index (χ1) is 18.6. The highest BCUT2D eigenvalue weighted by Gasteiger charge is 2.21. The number of esters is 1. The number of urea groups is 1. The van der Waals surface area contributed by atoms with Crippen molar-refractivity contribution in [2.45, 2.75) is 74.1 Å². The van der Waals surface area contributed by atoms with Crippen molar-refractivity contribution in [3.8, 4) is 0 Å². The van der Waals surface area contributed by atoms with Gasteiger partial charge in [-0.15, -0.1) is 0 Å². The smallest absolute Gasteiger partial charge is 0.322 e. The SMILES string of the molecule is CCOC(=O)Cc1cccc(Sc2ccc(N(CCCc3ccccc3)C(=O)NC3CCCCC3)cc2)c1. The molecule has 38 heavy (non-hydrogen) atoms. The molecule has 6 heteroatoms. The largest absolute Gasteiger partial charge is 0.466 e. The minimum Gasteiger partial charge on any atom is -0.466 e. The predicted octanol–water partition coefficient (Wildman–Crippen LogP) is 7.42. The Bertz CT molecular complexity index is 1160. The molecule has 1 aliphatic carbocycles. The molecule has 4 rings (SSSR count). The fourth-order valence-corrected chi connectivity index (χ4v) is 5.76. The minimum atomic E-state index is -0.210. The summed E-state index contributed by atoms with van der Waals surface area (Å²) in [5.74, 6) is -0.210. The molecule has 1 fully saturated rings. The summed E-state index contributed by atoms with van der Waals surface area (Å²) in [6.45, 7) is 2.87. The summed E-state index contributed by atoms with van der Waals surface area (Å²) < 4.78 is 5.08. The topological polar surface area (TPSA) is 58.6 Å². The third-order valence-corrected chi connectivity index (χ3v) is 7.80. The van der Waals surface area contributed by atoms with Crippen molar-refractivity contribution in [1.29, 1.82) is 0 Å². The summed E-state index contributed by atoms with van der Waals surface area (Å²) in [6.07, 6.45) is 7.86. The average Bonchev–Trinajstić information content (AvgIpc) is 2.93. The molecular weight excluding hydrogens is 492 g/mol. The fraction of sp³-hybridized carbons (Fsp3) is 0.375. The van der Waals surface area contributed by atoms with Crippen molar-refractivity contribution in [3.05, 3.63) is 90.0 Å². The van der Waals surface area contributed by atoms with Crippen LogP contribution in [0.25, 0.3) is 0 Å². The number of hydrogen-bond acceptors (Lipinski definition) is 4. The first-order valence-corrected chi connectivity index (χ1v) is 14.6. The van der Waals surface area contributed by atoms with Gasteiger partial charge in [0.05, 0.1) is 13.0 Å². The Morgan fingerprint density at radius 1 is 0.895 bits per heavy atom. The van der Waals surface area contributed by atoms with Gasteiger partial charge in [0.2, 0.25) is 0 Å². The maximum absolute atomic E-state index is 13.4. The second-order valence-electron chi connectivity index (χ2n) is 9.75. The molecule has 0 saturated heterocycles. The van der Waals surface area contributed by atoms with E-state index in [0.717, 1.165) is 46.7 Å². The number of aryl methyl sites for hydroxylation is 1. The number of anilines is 1. The lowest BCUT2D eigenvalue weighted by molar-refractivity contribution is -0.142. The number of nitrogens with one attached hydrogen (secondary N) is 1. The Morgan fingerprint density at radius 2 is 1.63 bits per heavy atom. The molecule has 3 aromatic rings. The number of carbonyl (C=O) groups is 2.